The summed E-state index contributed by atoms with van der Waals surface area (Å²) in [5.41, 5.74) is 2.06. The van der Waals surface area contributed by atoms with Crippen LogP contribution in [0, 0.1) is 6.92 Å². The van der Waals surface area contributed by atoms with E-state index < -0.39 is 4.84 Å². The number of benzene rings is 1. The standard InChI is InChI=1S/C8H7BrCl2/c1-5-6(8(10)11)3-2-4-7(5)9/h2-4,8H,1H3. The first kappa shape index (κ1) is 9.37. The van der Waals surface area contributed by atoms with Crippen LogP contribution in [0.3, 0.4) is 0 Å². The molecule has 0 aliphatic heterocycles. The van der Waals surface area contributed by atoms with Gasteiger partial charge in [-0.1, -0.05) is 28.1 Å². The highest BCUT2D eigenvalue weighted by molar-refractivity contribution is 9.10. The van der Waals surface area contributed by atoms with Crippen LogP contribution in [0.4, 0.5) is 0 Å². The Morgan fingerprint density at radius 2 is 2.00 bits per heavy atom. The summed E-state index contributed by atoms with van der Waals surface area (Å²) < 4.78 is 1.04. The molecule has 0 fully saturated rings. The van der Waals surface area contributed by atoms with Gasteiger partial charge in [-0.05, 0) is 24.1 Å². The molecule has 0 saturated carbocycles. The third-order valence-electron chi connectivity index (χ3n) is 1.54. The zero-order valence-electron chi connectivity index (χ0n) is 5.94. The Morgan fingerprint density at radius 1 is 1.36 bits per heavy atom. The van der Waals surface area contributed by atoms with E-state index in [-0.39, 0.29) is 0 Å². The van der Waals surface area contributed by atoms with Gasteiger partial charge in [0.1, 0.15) is 4.84 Å². The van der Waals surface area contributed by atoms with E-state index in [1.54, 1.807) is 0 Å². The maximum absolute atomic E-state index is 5.72. The Kier molecular flexibility index (Phi) is 3.23. The molecule has 1 aromatic carbocycles. The highest BCUT2D eigenvalue weighted by atomic mass is 79.9. The molecule has 0 aromatic heterocycles. The highest BCUT2D eigenvalue weighted by Crippen LogP contribution is 2.30. The van der Waals surface area contributed by atoms with Crippen LogP contribution >= 0.6 is 39.1 Å². The molecule has 0 spiro atoms. The lowest BCUT2D eigenvalue weighted by molar-refractivity contribution is 1.25. The van der Waals surface area contributed by atoms with Crippen molar-refractivity contribution in [3.63, 3.8) is 0 Å². The van der Waals surface area contributed by atoms with E-state index in [1.165, 1.54) is 0 Å². The predicted octanol–water partition coefficient (Wildman–Crippen LogP) is 4.23. The normalized spacial score (nSPS) is 10.6. The summed E-state index contributed by atoms with van der Waals surface area (Å²) in [6.45, 7) is 1.98. The molecule has 3 heteroatoms. The Bertz CT molecular complexity index is 258. The summed E-state index contributed by atoms with van der Waals surface area (Å²) in [6, 6.07) is 5.81. The van der Waals surface area contributed by atoms with Crippen LogP contribution < -0.4 is 0 Å². The third kappa shape index (κ3) is 2.11. The second kappa shape index (κ2) is 3.79. The van der Waals surface area contributed by atoms with Crippen LogP contribution in [-0.4, -0.2) is 0 Å². The lowest BCUT2D eigenvalue weighted by Crippen LogP contribution is -1.87. The fourth-order valence-corrected chi connectivity index (χ4v) is 1.71. The first-order valence-corrected chi connectivity index (χ1v) is 4.82. The van der Waals surface area contributed by atoms with E-state index in [1.807, 2.05) is 25.1 Å². The van der Waals surface area contributed by atoms with E-state index >= 15 is 0 Å². The van der Waals surface area contributed by atoms with E-state index in [9.17, 15) is 0 Å². The lowest BCUT2D eigenvalue weighted by Gasteiger charge is -2.06. The quantitative estimate of drug-likeness (QED) is 0.657. The molecule has 0 amide bonds. The number of halogens is 3. The van der Waals surface area contributed by atoms with Crippen LogP contribution in [0.1, 0.15) is 16.0 Å². The van der Waals surface area contributed by atoms with Crippen LogP contribution in [0.25, 0.3) is 0 Å². The van der Waals surface area contributed by atoms with Crippen LogP contribution in [0.2, 0.25) is 0 Å². The van der Waals surface area contributed by atoms with Gasteiger partial charge in [0.05, 0.1) is 0 Å². The molecule has 0 aliphatic carbocycles. The number of hydrogen-bond acceptors (Lipinski definition) is 0. The van der Waals surface area contributed by atoms with Gasteiger partial charge in [-0.2, -0.15) is 0 Å². The van der Waals surface area contributed by atoms with Gasteiger partial charge in [-0.25, -0.2) is 0 Å². The molecule has 1 aromatic rings. The molecule has 0 radical (unpaired) electrons. The topological polar surface area (TPSA) is 0 Å². The monoisotopic (exact) mass is 252 g/mol. The summed E-state index contributed by atoms with van der Waals surface area (Å²) in [7, 11) is 0. The molecule has 1 rings (SSSR count). The SMILES string of the molecule is Cc1c(Br)cccc1C(Cl)Cl. The molecule has 0 heterocycles. The Balaban J connectivity index is 3.17. The minimum atomic E-state index is -0.438. The smallest absolute Gasteiger partial charge is 0.100 e. The van der Waals surface area contributed by atoms with Gasteiger partial charge in [0.2, 0.25) is 0 Å². The van der Waals surface area contributed by atoms with E-state index in [0.29, 0.717) is 0 Å². The molecule has 0 aliphatic rings. The van der Waals surface area contributed by atoms with E-state index in [2.05, 4.69) is 15.9 Å². The lowest BCUT2D eigenvalue weighted by atomic mass is 10.1. The van der Waals surface area contributed by atoms with Crippen molar-refractivity contribution < 1.29 is 0 Å². The summed E-state index contributed by atoms with van der Waals surface area (Å²) in [5, 5.41) is 0. The molecule has 0 atom stereocenters. The van der Waals surface area contributed by atoms with Gasteiger partial charge >= 0.3 is 0 Å². The van der Waals surface area contributed by atoms with Crippen molar-refractivity contribution in [2.75, 3.05) is 0 Å². The summed E-state index contributed by atoms with van der Waals surface area (Å²) in [5.74, 6) is 0. The third-order valence-corrected chi connectivity index (χ3v) is 2.87. The predicted molar refractivity (Wildman–Crippen MR) is 53.3 cm³/mol. The average molecular weight is 254 g/mol. The van der Waals surface area contributed by atoms with Gasteiger partial charge in [0.25, 0.3) is 0 Å². The van der Waals surface area contributed by atoms with Gasteiger partial charge < -0.3 is 0 Å². The zero-order chi connectivity index (χ0) is 8.43. The van der Waals surface area contributed by atoms with Crippen LogP contribution in [0.5, 0.6) is 0 Å². The van der Waals surface area contributed by atoms with Crippen LogP contribution in [-0.2, 0) is 0 Å². The van der Waals surface area contributed by atoms with Crippen molar-refractivity contribution in [2.45, 2.75) is 11.8 Å². The molecule has 0 bridgehead atoms. The molecule has 0 nitrogen and oxygen atoms in total. The zero-order valence-corrected chi connectivity index (χ0v) is 9.04. The Morgan fingerprint density at radius 3 is 2.45 bits per heavy atom. The largest absolute Gasteiger partial charge is 0.133 e. The second-order valence-electron chi connectivity index (χ2n) is 2.25. The van der Waals surface area contributed by atoms with Crippen molar-refractivity contribution in [3.8, 4) is 0 Å². The van der Waals surface area contributed by atoms with Crippen molar-refractivity contribution in [1.82, 2.24) is 0 Å². The molecular weight excluding hydrogens is 247 g/mol. The summed E-state index contributed by atoms with van der Waals surface area (Å²) in [4.78, 5) is -0.438. The van der Waals surface area contributed by atoms with Crippen molar-refractivity contribution in [3.05, 3.63) is 33.8 Å². The summed E-state index contributed by atoms with van der Waals surface area (Å²) >= 11 is 14.8. The average Bonchev–Trinajstić information content (AvgIpc) is 1.94. The first-order chi connectivity index (χ1) is 5.13. The van der Waals surface area contributed by atoms with Gasteiger partial charge in [-0.3, -0.25) is 0 Å². The molecule has 0 unspecified atom stereocenters. The maximum atomic E-state index is 5.72. The number of hydrogen-bond donors (Lipinski definition) is 0. The van der Waals surface area contributed by atoms with Gasteiger partial charge in [0, 0.05) is 4.47 Å². The maximum Gasteiger partial charge on any atom is 0.133 e. The van der Waals surface area contributed by atoms with Gasteiger partial charge in [0.15, 0.2) is 0 Å². The fourth-order valence-electron chi connectivity index (χ4n) is 0.861. The molecule has 60 valence electrons. The highest BCUT2D eigenvalue weighted by Gasteiger charge is 2.07. The van der Waals surface area contributed by atoms with E-state index in [4.69, 9.17) is 23.2 Å². The first-order valence-electron chi connectivity index (χ1n) is 3.16. The minimum absolute atomic E-state index is 0.438. The fraction of sp³-hybridized carbons (Fsp3) is 0.250. The number of rotatable bonds is 1. The van der Waals surface area contributed by atoms with Crippen molar-refractivity contribution in [1.29, 1.82) is 0 Å². The van der Waals surface area contributed by atoms with Gasteiger partial charge in [-0.15, -0.1) is 23.2 Å². The Hall–Kier alpha value is 0.280. The van der Waals surface area contributed by atoms with Crippen LogP contribution in [0.15, 0.2) is 22.7 Å². The molecule has 0 N–H and O–H groups in total. The molecule has 0 saturated heterocycles. The molecular formula is C8H7BrCl2. The summed E-state index contributed by atoms with van der Waals surface area (Å²) in [6.07, 6.45) is 0. The van der Waals surface area contributed by atoms with Crippen molar-refractivity contribution >= 4 is 39.1 Å². The second-order valence-corrected chi connectivity index (χ2v) is 4.21. The van der Waals surface area contributed by atoms with E-state index in [0.717, 1.165) is 15.6 Å². The number of alkyl halides is 2. The molecule has 11 heavy (non-hydrogen) atoms. The van der Waals surface area contributed by atoms with Crippen molar-refractivity contribution in [2.24, 2.45) is 0 Å². The Labute approximate surface area is 84.6 Å². The minimum Gasteiger partial charge on any atom is -0.100 e.